The van der Waals surface area contributed by atoms with Crippen molar-refractivity contribution in [3.63, 3.8) is 0 Å². The van der Waals surface area contributed by atoms with E-state index in [1.54, 1.807) is 13.0 Å². The van der Waals surface area contributed by atoms with E-state index in [2.05, 4.69) is 10.6 Å². The van der Waals surface area contributed by atoms with Crippen LogP contribution < -0.4 is 20.1 Å². The van der Waals surface area contributed by atoms with Gasteiger partial charge in [-0.05, 0) is 13.0 Å². The smallest absolute Gasteiger partial charge is 0.226 e. The Morgan fingerprint density at radius 1 is 1.35 bits per heavy atom. The maximum Gasteiger partial charge on any atom is 0.226 e. The van der Waals surface area contributed by atoms with Crippen LogP contribution in [0.3, 0.4) is 0 Å². The summed E-state index contributed by atoms with van der Waals surface area (Å²) in [6.07, 6.45) is 0. The van der Waals surface area contributed by atoms with Gasteiger partial charge in [-0.3, -0.25) is 4.79 Å². The van der Waals surface area contributed by atoms with Gasteiger partial charge >= 0.3 is 0 Å². The van der Waals surface area contributed by atoms with Gasteiger partial charge in [0.05, 0.1) is 26.2 Å². The normalized spacial score (nSPS) is 16.2. The summed E-state index contributed by atoms with van der Waals surface area (Å²) in [4.78, 5) is 11.9. The van der Waals surface area contributed by atoms with E-state index in [0.717, 1.165) is 0 Å². The molecule has 1 unspecified atom stereocenters. The van der Waals surface area contributed by atoms with Crippen LogP contribution in [0.25, 0.3) is 0 Å². The van der Waals surface area contributed by atoms with Gasteiger partial charge in [0.2, 0.25) is 5.91 Å². The number of hydrogen-bond donors (Lipinski definition) is 2. The quantitative estimate of drug-likeness (QED) is 0.853. The molecule has 0 radical (unpaired) electrons. The lowest BCUT2D eigenvalue weighted by Gasteiger charge is -2.27. The lowest BCUT2D eigenvalue weighted by atomic mass is 10.0. The highest BCUT2D eigenvalue weighted by Crippen LogP contribution is 2.32. The highest BCUT2D eigenvalue weighted by molar-refractivity contribution is 5.80. The highest BCUT2D eigenvalue weighted by Gasteiger charge is 2.27. The first-order chi connectivity index (χ1) is 9.56. The number of carbonyl (C=O) groups is 1. The number of methoxy groups -OCH3 is 2. The summed E-state index contributed by atoms with van der Waals surface area (Å²) in [5.41, 5.74) is 0.378. The number of amides is 1. The van der Waals surface area contributed by atoms with E-state index >= 15 is 0 Å². The minimum atomic E-state index is -0.429. The summed E-state index contributed by atoms with van der Waals surface area (Å²) in [5, 5.41) is 5.84. The summed E-state index contributed by atoms with van der Waals surface area (Å²) in [6, 6.07) is 2.39. The number of rotatable bonds is 5. The molecule has 5 nitrogen and oxygen atoms in total. The Hall–Kier alpha value is -1.82. The Kier molecular flexibility index (Phi) is 4.44. The molecule has 1 atom stereocenters. The molecular weight excluding hydrogens is 263 g/mol. The number of benzene rings is 1. The number of halogens is 1. The molecule has 0 aromatic heterocycles. The van der Waals surface area contributed by atoms with Crippen LogP contribution in [0.1, 0.15) is 18.5 Å². The van der Waals surface area contributed by atoms with Crippen molar-refractivity contribution in [2.45, 2.75) is 13.0 Å². The van der Waals surface area contributed by atoms with Gasteiger partial charge in [0.25, 0.3) is 0 Å². The van der Waals surface area contributed by atoms with E-state index < -0.39 is 11.9 Å². The third-order valence-electron chi connectivity index (χ3n) is 3.48. The van der Waals surface area contributed by atoms with Crippen molar-refractivity contribution in [2.75, 3.05) is 27.3 Å². The molecule has 2 N–H and O–H groups in total. The molecule has 1 fully saturated rings. The van der Waals surface area contributed by atoms with Gasteiger partial charge in [0, 0.05) is 24.7 Å². The second-order valence-corrected chi connectivity index (χ2v) is 4.81. The third kappa shape index (κ3) is 2.85. The van der Waals surface area contributed by atoms with Gasteiger partial charge in [-0.15, -0.1) is 0 Å². The van der Waals surface area contributed by atoms with Crippen LogP contribution in [0.5, 0.6) is 11.5 Å². The first kappa shape index (κ1) is 14.6. The van der Waals surface area contributed by atoms with E-state index in [1.807, 2.05) is 0 Å². The number of nitrogens with one attached hydrogen (secondary N) is 2. The molecule has 1 aromatic rings. The predicted molar refractivity (Wildman–Crippen MR) is 72.4 cm³/mol. The van der Waals surface area contributed by atoms with Gasteiger partial charge in [0.1, 0.15) is 5.82 Å². The summed E-state index contributed by atoms with van der Waals surface area (Å²) in [5.74, 6) is 0.249. The molecule has 1 saturated heterocycles. The van der Waals surface area contributed by atoms with Crippen molar-refractivity contribution in [3.8, 4) is 11.5 Å². The molecule has 0 aliphatic carbocycles. The standard InChI is InChI=1S/C14H19FN2O3/c1-8(17-14(18)9-6-16-7-9)10-4-12(19-2)13(20-3)5-11(10)15/h4-5,8-9,16H,6-7H2,1-3H3,(H,17,18). The molecule has 0 saturated carbocycles. The van der Waals surface area contributed by atoms with E-state index in [-0.39, 0.29) is 11.8 Å². The fourth-order valence-electron chi connectivity index (χ4n) is 2.08. The Bertz CT molecular complexity index is 503. The van der Waals surface area contributed by atoms with Gasteiger partial charge in [0.15, 0.2) is 11.5 Å². The average molecular weight is 282 g/mol. The van der Waals surface area contributed by atoms with E-state index in [9.17, 15) is 9.18 Å². The lowest BCUT2D eigenvalue weighted by molar-refractivity contribution is -0.127. The molecule has 1 aromatic carbocycles. The summed E-state index contributed by atoms with van der Waals surface area (Å²) in [6.45, 7) is 3.09. The summed E-state index contributed by atoms with van der Waals surface area (Å²) < 4.78 is 24.2. The van der Waals surface area contributed by atoms with Crippen molar-refractivity contribution in [1.29, 1.82) is 0 Å². The largest absolute Gasteiger partial charge is 0.493 e. The topological polar surface area (TPSA) is 59.6 Å². The molecule has 1 amide bonds. The maximum absolute atomic E-state index is 14.1. The van der Waals surface area contributed by atoms with Crippen molar-refractivity contribution >= 4 is 5.91 Å². The Morgan fingerprint density at radius 2 is 1.95 bits per heavy atom. The minimum Gasteiger partial charge on any atom is -0.493 e. The van der Waals surface area contributed by atoms with Crippen LogP contribution >= 0.6 is 0 Å². The van der Waals surface area contributed by atoms with E-state index in [1.165, 1.54) is 20.3 Å². The van der Waals surface area contributed by atoms with Crippen LogP contribution in [-0.4, -0.2) is 33.2 Å². The Labute approximate surface area is 117 Å². The Morgan fingerprint density at radius 3 is 2.45 bits per heavy atom. The SMILES string of the molecule is COc1cc(F)c(C(C)NC(=O)C2CNC2)cc1OC. The zero-order valence-electron chi connectivity index (χ0n) is 11.8. The first-order valence-corrected chi connectivity index (χ1v) is 6.49. The second-order valence-electron chi connectivity index (χ2n) is 4.81. The molecule has 1 heterocycles. The van der Waals surface area contributed by atoms with Crippen molar-refractivity contribution in [2.24, 2.45) is 5.92 Å². The molecule has 0 bridgehead atoms. The van der Waals surface area contributed by atoms with Crippen LogP contribution in [0.4, 0.5) is 4.39 Å². The molecule has 0 spiro atoms. The molecule has 6 heteroatoms. The highest BCUT2D eigenvalue weighted by atomic mass is 19.1. The fraction of sp³-hybridized carbons (Fsp3) is 0.500. The van der Waals surface area contributed by atoms with Crippen molar-refractivity contribution < 1.29 is 18.7 Å². The first-order valence-electron chi connectivity index (χ1n) is 6.49. The maximum atomic E-state index is 14.1. The Balaban J connectivity index is 2.15. The van der Waals surface area contributed by atoms with Gasteiger partial charge in [-0.25, -0.2) is 4.39 Å². The van der Waals surface area contributed by atoms with Crippen molar-refractivity contribution in [3.05, 3.63) is 23.5 Å². The summed E-state index contributed by atoms with van der Waals surface area (Å²) >= 11 is 0. The fourth-order valence-corrected chi connectivity index (χ4v) is 2.08. The van der Waals surface area contributed by atoms with Gasteiger partial charge in [-0.2, -0.15) is 0 Å². The molecule has 20 heavy (non-hydrogen) atoms. The molecular formula is C14H19FN2O3. The molecule has 2 rings (SSSR count). The number of hydrogen-bond acceptors (Lipinski definition) is 4. The molecule has 110 valence electrons. The lowest BCUT2D eigenvalue weighted by Crippen LogP contribution is -2.51. The molecule has 1 aliphatic rings. The second kappa shape index (κ2) is 6.09. The van der Waals surface area contributed by atoms with Crippen LogP contribution in [0.2, 0.25) is 0 Å². The zero-order valence-corrected chi connectivity index (χ0v) is 11.8. The zero-order chi connectivity index (χ0) is 14.7. The van der Waals surface area contributed by atoms with Gasteiger partial charge < -0.3 is 20.1 Å². The van der Waals surface area contributed by atoms with Gasteiger partial charge in [-0.1, -0.05) is 0 Å². The average Bonchev–Trinajstić information content (AvgIpc) is 2.35. The third-order valence-corrected chi connectivity index (χ3v) is 3.48. The number of ether oxygens (including phenoxy) is 2. The van der Waals surface area contributed by atoms with Crippen LogP contribution in [0, 0.1) is 11.7 Å². The van der Waals surface area contributed by atoms with E-state index in [4.69, 9.17) is 9.47 Å². The monoisotopic (exact) mass is 282 g/mol. The molecule has 1 aliphatic heterocycles. The van der Waals surface area contributed by atoms with Crippen LogP contribution in [0.15, 0.2) is 12.1 Å². The summed E-state index contributed by atoms with van der Waals surface area (Å²) in [7, 11) is 2.94. The van der Waals surface area contributed by atoms with Crippen molar-refractivity contribution in [1.82, 2.24) is 10.6 Å². The van der Waals surface area contributed by atoms with Crippen LogP contribution in [-0.2, 0) is 4.79 Å². The number of carbonyl (C=O) groups excluding carboxylic acids is 1. The van der Waals surface area contributed by atoms with E-state index in [0.29, 0.717) is 30.2 Å². The predicted octanol–water partition coefficient (Wildman–Crippen LogP) is 1.24. The minimum absolute atomic E-state index is 0.0272.